The van der Waals surface area contributed by atoms with E-state index in [1.165, 1.54) is 6.08 Å². The molecule has 0 spiro atoms. The molecular formula is C14H20O5. The molecule has 0 bridgehead atoms. The van der Waals surface area contributed by atoms with Gasteiger partial charge in [0.05, 0.1) is 12.0 Å². The number of ether oxygens (including phenoxy) is 2. The highest BCUT2D eigenvalue weighted by Gasteiger charge is 2.58. The van der Waals surface area contributed by atoms with Crippen LogP contribution in [0.4, 0.5) is 0 Å². The first-order valence-electron chi connectivity index (χ1n) is 6.53. The minimum Gasteiger partial charge on any atom is -0.465 e. The van der Waals surface area contributed by atoms with Gasteiger partial charge in [0.25, 0.3) is 0 Å². The lowest BCUT2D eigenvalue weighted by atomic mass is 9.84. The monoisotopic (exact) mass is 268 g/mol. The molecule has 5 heteroatoms. The van der Waals surface area contributed by atoms with Crippen LogP contribution in [0.25, 0.3) is 0 Å². The normalized spacial score (nSPS) is 32.9. The lowest BCUT2D eigenvalue weighted by Gasteiger charge is -2.25. The van der Waals surface area contributed by atoms with Gasteiger partial charge in [-0.3, -0.25) is 9.59 Å². The quantitative estimate of drug-likeness (QED) is 0.467. The third-order valence-corrected chi connectivity index (χ3v) is 3.41. The first kappa shape index (κ1) is 14.2. The van der Waals surface area contributed by atoms with Crippen molar-refractivity contribution in [1.82, 2.24) is 0 Å². The van der Waals surface area contributed by atoms with E-state index in [1.807, 2.05) is 0 Å². The van der Waals surface area contributed by atoms with Gasteiger partial charge in [-0.2, -0.15) is 0 Å². The van der Waals surface area contributed by atoms with Crippen LogP contribution in [0.1, 0.15) is 33.6 Å². The number of aliphatic hydroxyl groups is 1. The van der Waals surface area contributed by atoms with Crippen LogP contribution in [-0.2, 0) is 19.1 Å². The molecule has 1 aliphatic heterocycles. The fraction of sp³-hybridized carbons (Fsp3) is 0.714. The van der Waals surface area contributed by atoms with Gasteiger partial charge in [-0.25, -0.2) is 0 Å². The summed E-state index contributed by atoms with van der Waals surface area (Å²) in [6.07, 6.45) is 3.15. The van der Waals surface area contributed by atoms with Crippen molar-refractivity contribution in [2.75, 3.05) is 6.61 Å². The number of fused-ring (bicyclic) bond motifs is 1. The Morgan fingerprint density at radius 2 is 2.21 bits per heavy atom. The van der Waals surface area contributed by atoms with Crippen molar-refractivity contribution in [1.29, 1.82) is 0 Å². The van der Waals surface area contributed by atoms with E-state index in [2.05, 4.69) is 0 Å². The van der Waals surface area contributed by atoms with Gasteiger partial charge in [0.2, 0.25) is 0 Å². The van der Waals surface area contributed by atoms with Crippen LogP contribution in [0, 0.1) is 5.41 Å². The number of esters is 1. The molecule has 1 fully saturated rings. The molecule has 2 rings (SSSR count). The minimum atomic E-state index is -1.45. The number of carbonyl (C=O) groups excluding carboxylic acids is 2. The predicted octanol–water partition coefficient (Wildman–Crippen LogP) is 0.993. The van der Waals surface area contributed by atoms with Gasteiger partial charge in [-0.1, -0.05) is 0 Å². The summed E-state index contributed by atoms with van der Waals surface area (Å²) in [5.74, 6) is -0.608. The third-order valence-electron chi connectivity index (χ3n) is 3.41. The number of carbonyl (C=O) groups is 2. The van der Waals surface area contributed by atoms with Crippen LogP contribution >= 0.6 is 0 Å². The molecule has 0 aromatic carbocycles. The Morgan fingerprint density at radius 1 is 1.53 bits per heavy atom. The second kappa shape index (κ2) is 4.72. The van der Waals surface area contributed by atoms with Gasteiger partial charge in [-0.15, -0.1) is 0 Å². The molecule has 0 aromatic rings. The maximum absolute atomic E-state index is 11.7. The molecule has 0 unspecified atom stereocenters. The summed E-state index contributed by atoms with van der Waals surface area (Å²) >= 11 is 0. The first-order valence-corrected chi connectivity index (χ1v) is 6.53. The van der Waals surface area contributed by atoms with Crippen molar-refractivity contribution in [3.63, 3.8) is 0 Å². The van der Waals surface area contributed by atoms with Crippen LogP contribution < -0.4 is 0 Å². The fourth-order valence-electron chi connectivity index (χ4n) is 2.11. The molecule has 2 aliphatic rings. The number of epoxide rings is 1. The van der Waals surface area contributed by atoms with Gasteiger partial charge < -0.3 is 14.6 Å². The van der Waals surface area contributed by atoms with Crippen molar-refractivity contribution in [2.24, 2.45) is 5.41 Å². The summed E-state index contributed by atoms with van der Waals surface area (Å²) in [6, 6.07) is 0. The largest absolute Gasteiger partial charge is 0.465 e. The number of hydrogen-bond acceptors (Lipinski definition) is 5. The molecule has 0 radical (unpaired) electrons. The Bertz CT molecular complexity index is 420. The van der Waals surface area contributed by atoms with Gasteiger partial charge in [0.1, 0.15) is 12.2 Å². The summed E-state index contributed by atoms with van der Waals surface area (Å²) in [7, 11) is 0. The Kier molecular flexibility index (Phi) is 3.53. The highest BCUT2D eigenvalue weighted by Crippen LogP contribution is 2.40. The highest BCUT2D eigenvalue weighted by molar-refractivity contribution is 5.99. The Hall–Kier alpha value is -1.20. The zero-order chi connectivity index (χ0) is 14.3. The van der Waals surface area contributed by atoms with Gasteiger partial charge in [0, 0.05) is 0 Å². The molecule has 106 valence electrons. The molecule has 0 aromatic heterocycles. The summed E-state index contributed by atoms with van der Waals surface area (Å²) in [5.41, 5.74) is -1.99. The summed E-state index contributed by atoms with van der Waals surface area (Å²) in [5, 5.41) is 10.3. The van der Waals surface area contributed by atoms with E-state index < -0.39 is 17.1 Å². The zero-order valence-electron chi connectivity index (χ0n) is 11.5. The smallest absolute Gasteiger partial charge is 0.311 e. The average Bonchev–Trinajstić information content (AvgIpc) is 3.09. The Labute approximate surface area is 112 Å². The van der Waals surface area contributed by atoms with Gasteiger partial charge in [-0.05, 0) is 45.8 Å². The molecule has 0 saturated carbocycles. The van der Waals surface area contributed by atoms with Crippen LogP contribution in [-0.4, -0.2) is 41.3 Å². The van der Waals surface area contributed by atoms with E-state index in [0.29, 0.717) is 6.42 Å². The summed E-state index contributed by atoms with van der Waals surface area (Å²) < 4.78 is 10.3. The molecule has 19 heavy (non-hydrogen) atoms. The fourth-order valence-corrected chi connectivity index (χ4v) is 2.11. The minimum absolute atomic E-state index is 0.139. The van der Waals surface area contributed by atoms with E-state index in [-0.39, 0.29) is 30.9 Å². The van der Waals surface area contributed by atoms with Crippen molar-refractivity contribution in [2.45, 2.75) is 51.4 Å². The lowest BCUT2D eigenvalue weighted by Crippen LogP contribution is -2.46. The SMILES string of the molecule is CC(C)(C)C(=O)OCCC[C@@]1(O)C(=O)C=C[C@H]2O[C@H]21. The highest BCUT2D eigenvalue weighted by atomic mass is 16.6. The van der Waals surface area contributed by atoms with Crippen molar-refractivity contribution in [3.8, 4) is 0 Å². The Morgan fingerprint density at radius 3 is 2.84 bits per heavy atom. The molecule has 1 N–H and O–H groups in total. The van der Waals surface area contributed by atoms with E-state index in [1.54, 1.807) is 26.8 Å². The van der Waals surface area contributed by atoms with Crippen LogP contribution in [0.15, 0.2) is 12.2 Å². The van der Waals surface area contributed by atoms with E-state index in [0.717, 1.165) is 0 Å². The van der Waals surface area contributed by atoms with E-state index in [9.17, 15) is 14.7 Å². The van der Waals surface area contributed by atoms with Crippen molar-refractivity contribution >= 4 is 11.8 Å². The van der Waals surface area contributed by atoms with Crippen LogP contribution in [0.5, 0.6) is 0 Å². The molecular weight excluding hydrogens is 248 g/mol. The molecule has 0 amide bonds. The topological polar surface area (TPSA) is 76.1 Å². The van der Waals surface area contributed by atoms with Gasteiger partial charge >= 0.3 is 5.97 Å². The maximum atomic E-state index is 11.7. The average molecular weight is 268 g/mol. The second-order valence-corrected chi connectivity index (χ2v) is 6.16. The van der Waals surface area contributed by atoms with Crippen molar-refractivity contribution < 1.29 is 24.2 Å². The second-order valence-electron chi connectivity index (χ2n) is 6.16. The van der Waals surface area contributed by atoms with E-state index >= 15 is 0 Å². The predicted molar refractivity (Wildman–Crippen MR) is 67.4 cm³/mol. The number of hydrogen-bond donors (Lipinski definition) is 1. The van der Waals surface area contributed by atoms with E-state index in [4.69, 9.17) is 9.47 Å². The van der Waals surface area contributed by atoms with Crippen LogP contribution in [0.2, 0.25) is 0 Å². The molecule has 1 saturated heterocycles. The lowest BCUT2D eigenvalue weighted by molar-refractivity contribution is -0.153. The first-order chi connectivity index (χ1) is 8.75. The molecule has 1 aliphatic carbocycles. The summed E-state index contributed by atoms with van der Waals surface area (Å²) in [4.78, 5) is 23.3. The van der Waals surface area contributed by atoms with Crippen molar-refractivity contribution in [3.05, 3.63) is 12.2 Å². The maximum Gasteiger partial charge on any atom is 0.311 e. The number of rotatable bonds is 4. The molecule has 1 heterocycles. The summed E-state index contributed by atoms with van der Waals surface area (Å²) in [6.45, 7) is 5.54. The third kappa shape index (κ3) is 2.87. The Balaban J connectivity index is 1.79. The zero-order valence-corrected chi connectivity index (χ0v) is 11.5. The van der Waals surface area contributed by atoms with Crippen LogP contribution in [0.3, 0.4) is 0 Å². The number of ketones is 1. The standard InChI is InChI=1S/C14H20O5/c1-13(2,3)12(16)18-8-4-7-14(17)10(15)6-5-9-11(14)19-9/h5-6,9,11,17H,4,7-8H2,1-3H3/t9-,11-,14-/m1/s1. The molecule has 5 nitrogen and oxygen atoms in total. The van der Waals surface area contributed by atoms with Gasteiger partial charge in [0.15, 0.2) is 11.4 Å². The molecule has 3 atom stereocenters.